The van der Waals surface area contributed by atoms with E-state index in [4.69, 9.17) is 16.3 Å². The minimum atomic E-state index is 0.189. The van der Waals surface area contributed by atoms with Crippen molar-refractivity contribution in [3.63, 3.8) is 0 Å². The Morgan fingerprint density at radius 1 is 1.12 bits per heavy atom. The van der Waals surface area contributed by atoms with E-state index in [0.29, 0.717) is 18.0 Å². The maximum atomic E-state index is 12.4. The highest BCUT2D eigenvalue weighted by Crippen LogP contribution is 2.20. The molecule has 0 spiro atoms. The molecule has 1 aliphatic rings. The molecule has 2 aromatic rings. The number of benzene rings is 2. The summed E-state index contributed by atoms with van der Waals surface area (Å²) in [7, 11) is 1.67. The second kappa shape index (κ2) is 8.81. The highest BCUT2D eigenvalue weighted by Gasteiger charge is 2.20. The molecule has 5 nitrogen and oxygen atoms in total. The molecule has 1 saturated heterocycles. The molecule has 1 amide bonds. The number of nitrogens with zero attached hydrogens (tertiary/aromatic N) is 2. The van der Waals surface area contributed by atoms with Gasteiger partial charge in [0.2, 0.25) is 5.91 Å². The SMILES string of the molecule is COc1ccc(N2CCN(C(=O)CCNc3cccc(Cl)c3)CC2)cc1. The lowest BCUT2D eigenvalue weighted by molar-refractivity contribution is -0.131. The smallest absolute Gasteiger partial charge is 0.224 e. The van der Waals surface area contributed by atoms with Gasteiger partial charge in [-0.05, 0) is 42.5 Å². The van der Waals surface area contributed by atoms with Crippen LogP contribution in [0.1, 0.15) is 6.42 Å². The molecule has 2 aromatic carbocycles. The fourth-order valence-corrected chi connectivity index (χ4v) is 3.27. The van der Waals surface area contributed by atoms with Crippen LogP contribution in [0.25, 0.3) is 0 Å². The number of ether oxygens (including phenoxy) is 1. The highest BCUT2D eigenvalue weighted by atomic mass is 35.5. The predicted molar refractivity (Wildman–Crippen MR) is 106 cm³/mol. The van der Waals surface area contributed by atoms with E-state index in [1.807, 2.05) is 41.3 Å². The lowest BCUT2D eigenvalue weighted by atomic mass is 10.2. The van der Waals surface area contributed by atoms with Crippen LogP contribution in [0.5, 0.6) is 5.75 Å². The first-order valence-electron chi connectivity index (χ1n) is 8.82. The average Bonchev–Trinajstić information content (AvgIpc) is 2.68. The number of amides is 1. The van der Waals surface area contributed by atoms with Crippen molar-refractivity contribution in [3.05, 3.63) is 53.6 Å². The Morgan fingerprint density at radius 3 is 2.50 bits per heavy atom. The molecule has 0 radical (unpaired) electrons. The van der Waals surface area contributed by atoms with Crippen LogP contribution in [-0.4, -0.2) is 50.6 Å². The first-order chi connectivity index (χ1) is 12.7. The Hall–Kier alpha value is -2.40. The van der Waals surface area contributed by atoms with E-state index in [-0.39, 0.29) is 5.91 Å². The van der Waals surface area contributed by atoms with Crippen LogP contribution < -0.4 is 15.0 Å². The summed E-state index contributed by atoms with van der Waals surface area (Å²) in [5, 5.41) is 3.94. The Balaban J connectivity index is 1.43. The van der Waals surface area contributed by atoms with Crippen molar-refractivity contribution < 1.29 is 9.53 Å². The highest BCUT2D eigenvalue weighted by molar-refractivity contribution is 6.30. The third kappa shape index (κ3) is 4.82. The topological polar surface area (TPSA) is 44.8 Å². The van der Waals surface area contributed by atoms with Crippen molar-refractivity contribution in [2.24, 2.45) is 0 Å². The van der Waals surface area contributed by atoms with E-state index in [9.17, 15) is 4.79 Å². The van der Waals surface area contributed by atoms with Crippen molar-refractivity contribution in [2.45, 2.75) is 6.42 Å². The number of nitrogens with one attached hydrogen (secondary N) is 1. The molecule has 0 saturated carbocycles. The van der Waals surface area contributed by atoms with Crippen molar-refractivity contribution in [3.8, 4) is 5.75 Å². The number of methoxy groups -OCH3 is 1. The summed E-state index contributed by atoms with van der Waals surface area (Å²) in [6.45, 7) is 3.81. The van der Waals surface area contributed by atoms with Crippen molar-refractivity contribution >= 4 is 28.9 Å². The van der Waals surface area contributed by atoms with Gasteiger partial charge in [0.15, 0.2) is 0 Å². The monoisotopic (exact) mass is 373 g/mol. The van der Waals surface area contributed by atoms with Crippen LogP contribution in [-0.2, 0) is 4.79 Å². The minimum absolute atomic E-state index is 0.189. The zero-order chi connectivity index (χ0) is 18.4. The van der Waals surface area contributed by atoms with Crippen LogP contribution in [0, 0.1) is 0 Å². The number of rotatable bonds is 6. The van der Waals surface area contributed by atoms with Gasteiger partial charge in [-0.3, -0.25) is 4.79 Å². The zero-order valence-corrected chi connectivity index (χ0v) is 15.7. The van der Waals surface area contributed by atoms with E-state index in [1.165, 1.54) is 5.69 Å². The summed E-state index contributed by atoms with van der Waals surface area (Å²) < 4.78 is 5.20. The van der Waals surface area contributed by atoms with E-state index >= 15 is 0 Å². The van der Waals surface area contributed by atoms with Crippen molar-refractivity contribution in [1.82, 2.24) is 4.90 Å². The fraction of sp³-hybridized carbons (Fsp3) is 0.350. The number of anilines is 2. The van der Waals surface area contributed by atoms with Gasteiger partial charge in [-0.25, -0.2) is 0 Å². The molecule has 0 atom stereocenters. The second-order valence-electron chi connectivity index (χ2n) is 6.25. The quantitative estimate of drug-likeness (QED) is 0.841. The Bertz CT molecular complexity index is 728. The van der Waals surface area contributed by atoms with Gasteiger partial charge < -0.3 is 19.9 Å². The molecule has 1 heterocycles. The summed E-state index contributed by atoms with van der Waals surface area (Å²) in [5.74, 6) is 1.05. The molecule has 138 valence electrons. The van der Waals surface area contributed by atoms with Gasteiger partial charge in [0.25, 0.3) is 0 Å². The fourth-order valence-electron chi connectivity index (χ4n) is 3.08. The van der Waals surface area contributed by atoms with Gasteiger partial charge in [-0.15, -0.1) is 0 Å². The molecular weight excluding hydrogens is 350 g/mol. The summed E-state index contributed by atoms with van der Waals surface area (Å²) in [4.78, 5) is 16.6. The van der Waals surface area contributed by atoms with Crippen molar-refractivity contribution in [1.29, 1.82) is 0 Å². The van der Waals surface area contributed by atoms with Gasteiger partial charge in [-0.1, -0.05) is 17.7 Å². The second-order valence-corrected chi connectivity index (χ2v) is 6.69. The van der Waals surface area contributed by atoms with Crippen LogP contribution in [0.15, 0.2) is 48.5 Å². The molecule has 1 fully saturated rings. The lowest BCUT2D eigenvalue weighted by Gasteiger charge is -2.36. The molecule has 0 bridgehead atoms. The maximum absolute atomic E-state index is 12.4. The van der Waals surface area contributed by atoms with E-state index in [1.54, 1.807) is 7.11 Å². The molecule has 1 aliphatic heterocycles. The standard InChI is InChI=1S/C20H24ClN3O2/c1-26-19-7-5-18(6-8-19)23-11-13-24(14-12-23)20(25)9-10-22-17-4-2-3-16(21)15-17/h2-8,15,22H,9-14H2,1H3. The third-order valence-corrected chi connectivity index (χ3v) is 4.80. The molecule has 0 unspecified atom stereocenters. The van der Waals surface area contributed by atoms with Gasteiger partial charge >= 0.3 is 0 Å². The molecule has 3 rings (SSSR count). The van der Waals surface area contributed by atoms with Gasteiger partial charge in [0.05, 0.1) is 7.11 Å². The molecule has 26 heavy (non-hydrogen) atoms. The summed E-state index contributed by atoms with van der Waals surface area (Å²) in [6.07, 6.45) is 0.481. The summed E-state index contributed by atoms with van der Waals surface area (Å²) in [6, 6.07) is 15.6. The first-order valence-corrected chi connectivity index (χ1v) is 9.20. The Kier molecular flexibility index (Phi) is 6.23. The Labute approximate surface area is 159 Å². The largest absolute Gasteiger partial charge is 0.497 e. The van der Waals surface area contributed by atoms with E-state index < -0.39 is 0 Å². The van der Waals surface area contributed by atoms with Crippen LogP contribution in [0.2, 0.25) is 5.02 Å². The molecule has 0 aliphatic carbocycles. The molecule has 1 N–H and O–H groups in total. The predicted octanol–water partition coefficient (Wildman–Crippen LogP) is 3.50. The summed E-state index contributed by atoms with van der Waals surface area (Å²) >= 11 is 5.96. The molecular formula is C20H24ClN3O2. The zero-order valence-electron chi connectivity index (χ0n) is 15.0. The first kappa shape index (κ1) is 18.4. The number of hydrogen-bond donors (Lipinski definition) is 1. The minimum Gasteiger partial charge on any atom is -0.497 e. The third-order valence-electron chi connectivity index (χ3n) is 4.56. The van der Waals surface area contributed by atoms with Crippen molar-refractivity contribution in [2.75, 3.05) is 50.1 Å². The Morgan fingerprint density at radius 2 is 1.85 bits per heavy atom. The van der Waals surface area contributed by atoms with Crippen LogP contribution in [0.4, 0.5) is 11.4 Å². The van der Waals surface area contributed by atoms with Gasteiger partial charge in [0, 0.05) is 55.5 Å². The maximum Gasteiger partial charge on any atom is 0.224 e. The van der Waals surface area contributed by atoms with Crippen LogP contribution >= 0.6 is 11.6 Å². The number of piperazine rings is 1. The van der Waals surface area contributed by atoms with E-state index in [0.717, 1.165) is 37.6 Å². The normalized spacial score (nSPS) is 14.2. The molecule has 0 aromatic heterocycles. The van der Waals surface area contributed by atoms with Gasteiger partial charge in [0.1, 0.15) is 5.75 Å². The summed E-state index contributed by atoms with van der Waals surface area (Å²) in [5.41, 5.74) is 2.11. The lowest BCUT2D eigenvalue weighted by Crippen LogP contribution is -2.49. The van der Waals surface area contributed by atoms with Gasteiger partial charge in [-0.2, -0.15) is 0 Å². The molecule has 6 heteroatoms. The average molecular weight is 374 g/mol. The van der Waals surface area contributed by atoms with E-state index in [2.05, 4.69) is 22.3 Å². The van der Waals surface area contributed by atoms with Crippen LogP contribution in [0.3, 0.4) is 0 Å². The number of carbonyl (C=O) groups is 1. The number of hydrogen-bond acceptors (Lipinski definition) is 4. The number of halogens is 1. The number of carbonyl (C=O) groups excluding carboxylic acids is 1.